The molecule has 1 aromatic carbocycles. The third kappa shape index (κ3) is 3.16. The highest BCUT2D eigenvalue weighted by atomic mass is 16.4. The number of rotatable bonds is 3. The first-order valence-corrected chi connectivity index (χ1v) is 4.27. The van der Waals surface area contributed by atoms with Crippen LogP contribution in [-0.2, 0) is 4.79 Å². The smallest absolute Gasteiger partial charge is 0.329 e. The minimum atomic E-state index is -0.990. The van der Waals surface area contributed by atoms with Crippen LogP contribution in [0.2, 0.25) is 0 Å². The summed E-state index contributed by atoms with van der Waals surface area (Å²) in [4.78, 5) is 11.9. The van der Waals surface area contributed by atoms with Gasteiger partial charge in [-0.05, 0) is 24.3 Å². The van der Waals surface area contributed by atoms with Crippen molar-refractivity contribution < 1.29 is 9.90 Å². The highest BCUT2D eigenvalue weighted by Crippen LogP contribution is 2.13. The summed E-state index contributed by atoms with van der Waals surface area (Å²) in [6.07, 6.45) is 2.50. The Kier molecular flexibility index (Phi) is 3.47. The number of hydrogen-bond donors (Lipinski definition) is 1. The van der Waals surface area contributed by atoms with Crippen LogP contribution in [-0.4, -0.2) is 18.1 Å². The molecule has 0 bridgehead atoms. The van der Waals surface area contributed by atoms with Gasteiger partial charge in [-0.2, -0.15) is 5.26 Å². The molecule has 0 saturated heterocycles. The molecule has 0 aliphatic carbocycles. The Balaban J connectivity index is 2.79. The first kappa shape index (κ1) is 10.8. The number of anilines is 1. The van der Waals surface area contributed by atoms with Crippen LogP contribution < -0.4 is 4.90 Å². The molecule has 4 nitrogen and oxygen atoms in total. The van der Waals surface area contributed by atoms with Gasteiger partial charge in [-0.25, -0.2) is 4.79 Å². The Morgan fingerprint density at radius 1 is 1.47 bits per heavy atom. The highest BCUT2D eigenvalue weighted by Gasteiger charge is 1.97. The summed E-state index contributed by atoms with van der Waals surface area (Å²) in [5.74, 6) is -0.990. The molecule has 0 saturated carbocycles. The lowest BCUT2D eigenvalue weighted by molar-refractivity contribution is -0.131. The Hall–Kier alpha value is -2.28. The fourth-order valence-electron chi connectivity index (χ4n) is 1.03. The van der Waals surface area contributed by atoms with E-state index in [4.69, 9.17) is 10.4 Å². The van der Waals surface area contributed by atoms with Gasteiger partial charge in [0.1, 0.15) is 0 Å². The van der Waals surface area contributed by atoms with Gasteiger partial charge in [0.25, 0.3) is 0 Å². The molecule has 0 radical (unpaired) electrons. The van der Waals surface area contributed by atoms with Gasteiger partial charge in [-0.15, -0.1) is 0 Å². The average Bonchev–Trinajstić information content (AvgIpc) is 2.26. The standard InChI is InChI=1S/C11H10N2O2/c1-13(7-6-11(14)15)10-4-2-9(8-12)3-5-10/h2-7H,1H3,(H,14,15). The molecule has 1 aromatic rings. The predicted molar refractivity (Wildman–Crippen MR) is 56.3 cm³/mol. The van der Waals surface area contributed by atoms with Crippen molar-refractivity contribution in [1.82, 2.24) is 0 Å². The Bertz CT molecular complexity index is 415. The van der Waals surface area contributed by atoms with Crippen molar-refractivity contribution in [2.45, 2.75) is 0 Å². The number of nitriles is 1. The molecule has 0 atom stereocenters. The number of benzene rings is 1. The molecule has 0 heterocycles. The van der Waals surface area contributed by atoms with Crippen LogP contribution in [0.15, 0.2) is 36.5 Å². The van der Waals surface area contributed by atoms with E-state index in [0.717, 1.165) is 11.8 Å². The fourth-order valence-corrected chi connectivity index (χ4v) is 1.03. The second kappa shape index (κ2) is 4.82. The van der Waals surface area contributed by atoms with Gasteiger partial charge in [-0.1, -0.05) is 0 Å². The minimum absolute atomic E-state index is 0.578. The van der Waals surface area contributed by atoms with E-state index in [1.807, 2.05) is 6.07 Å². The number of hydrogen-bond acceptors (Lipinski definition) is 3. The molecule has 0 fully saturated rings. The van der Waals surface area contributed by atoms with Gasteiger partial charge in [0, 0.05) is 25.0 Å². The van der Waals surface area contributed by atoms with E-state index < -0.39 is 5.97 Å². The van der Waals surface area contributed by atoms with Crippen molar-refractivity contribution in [2.24, 2.45) is 0 Å². The Morgan fingerprint density at radius 3 is 2.53 bits per heavy atom. The normalized spacial score (nSPS) is 9.87. The Labute approximate surface area is 87.7 Å². The van der Waals surface area contributed by atoms with Gasteiger partial charge in [0.15, 0.2) is 0 Å². The zero-order chi connectivity index (χ0) is 11.3. The van der Waals surface area contributed by atoms with Crippen LogP contribution in [0.4, 0.5) is 5.69 Å². The molecule has 0 spiro atoms. The van der Waals surface area contributed by atoms with Gasteiger partial charge in [-0.3, -0.25) is 0 Å². The van der Waals surface area contributed by atoms with Crippen LogP contribution in [0.5, 0.6) is 0 Å². The molecule has 15 heavy (non-hydrogen) atoms. The van der Waals surface area contributed by atoms with E-state index in [1.54, 1.807) is 36.2 Å². The molecule has 0 aliphatic heterocycles. The zero-order valence-corrected chi connectivity index (χ0v) is 8.21. The van der Waals surface area contributed by atoms with E-state index in [2.05, 4.69) is 0 Å². The van der Waals surface area contributed by atoms with Crippen LogP contribution in [0.25, 0.3) is 0 Å². The predicted octanol–water partition coefficient (Wildman–Crippen LogP) is 1.59. The topological polar surface area (TPSA) is 64.3 Å². The maximum Gasteiger partial charge on any atom is 0.329 e. The minimum Gasteiger partial charge on any atom is -0.478 e. The molecular weight excluding hydrogens is 192 g/mol. The third-order valence-corrected chi connectivity index (χ3v) is 1.84. The van der Waals surface area contributed by atoms with Crippen LogP contribution in [0.3, 0.4) is 0 Å². The number of carboxylic acid groups (broad SMARTS) is 1. The van der Waals surface area contributed by atoms with Crippen molar-refractivity contribution in [3.63, 3.8) is 0 Å². The maximum absolute atomic E-state index is 10.3. The summed E-state index contributed by atoms with van der Waals surface area (Å²) in [5, 5.41) is 17.0. The fraction of sp³-hybridized carbons (Fsp3) is 0.0909. The van der Waals surface area contributed by atoms with Crippen molar-refractivity contribution in [3.8, 4) is 6.07 Å². The lowest BCUT2D eigenvalue weighted by Crippen LogP contribution is -2.08. The Morgan fingerprint density at radius 2 is 2.07 bits per heavy atom. The second-order valence-electron chi connectivity index (χ2n) is 2.92. The summed E-state index contributed by atoms with van der Waals surface area (Å²) in [5.41, 5.74) is 1.40. The molecule has 1 rings (SSSR count). The largest absolute Gasteiger partial charge is 0.478 e. The second-order valence-corrected chi connectivity index (χ2v) is 2.92. The van der Waals surface area contributed by atoms with Crippen molar-refractivity contribution in [3.05, 3.63) is 42.1 Å². The molecular formula is C11H10N2O2. The van der Waals surface area contributed by atoms with Crippen LogP contribution in [0.1, 0.15) is 5.56 Å². The molecule has 0 aliphatic rings. The van der Waals surface area contributed by atoms with Crippen molar-refractivity contribution in [2.75, 3.05) is 11.9 Å². The molecule has 1 N–H and O–H groups in total. The summed E-state index contributed by atoms with van der Waals surface area (Å²) < 4.78 is 0. The summed E-state index contributed by atoms with van der Waals surface area (Å²) in [6, 6.07) is 8.88. The molecule has 76 valence electrons. The van der Waals surface area contributed by atoms with Crippen LogP contribution in [0, 0.1) is 11.3 Å². The van der Waals surface area contributed by atoms with E-state index >= 15 is 0 Å². The molecule has 0 unspecified atom stereocenters. The van der Waals surface area contributed by atoms with Crippen molar-refractivity contribution in [1.29, 1.82) is 5.26 Å². The number of aliphatic carboxylic acids is 1. The van der Waals surface area contributed by atoms with E-state index in [1.165, 1.54) is 6.20 Å². The first-order chi connectivity index (χ1) is 7.13. The van der Waals surface area contributed by atoms with E-state index in [9.17, 15) is 4.79 Å². The molecule has 0 amide bonds. The van der Waals surface area contributed by atoms with E-state index in [-0.39, 0.29) is 0 Å². The lowest BCUT2D eigenvalue weighted by atomic mass is 10.2. The summed E-state index contributed by atoms with van der Waals surface area (Å²) in [7, 11) is 1.74. The third-order valence-electron chi connectivity index (χ3n) is 1.84. The number of nitrogens with zero attached hydrogens (tertiary/aromatic N) is 2. The zero-order valence-electron chi connectivity index (χ0n) is 8.21. The number of carbonyl (C=O) groups is 1. The number of carboxylic acids is 1. The summed E-state index contributed by atoms with van der Waals surface area (Å²) in [6.45, 7) is 0. The first-order valence-electron chi connectivity index (χ1n) is 4.27. The lowest BCUT2D eigenvalue weighted by Gasteiger charge is -2.13. The molecule has 4 heteroatoms. The van der Waals surface area contributed by atoms with Gasteiger partial charge < -0.3 is 10.0 Å². The summed E-state index contributed by atoms with van der Waals surface area (Å²) >= 11 is 0. The monoisotopic (exact) mass is 202 g/mol. The SMILES string of the molecule is CN(C=CC(=O)O)c1ccc(C#N)cc1. The van der Waals surface area contributed by atoms with Gasteiger partial charge in [0.2, 0.25) is 0 Å². The maximum atomic E-state index is 10.3. The van der Waals surface area contributed by atoms with E-state index in [0.29, 0.717) is 5.56 Å². The highest BCUT2D eigenvalue weighted by molar-refractivity contribution is 5.80. The average molecular weight is 202 g/mol. The van der Waals surface area contributed by atoms with Gasteiger partial charge in [0.05, 0.1) is 11.6 Å². The van der Waals surface area contributed by atoms with Crippen LogP contribution >= 0.6 is 0 Å². The van der Waals surface area contributed by atoms with Gasteiger partial charge >= 0.3 is 5.97 Å². The van der Waals surface area contributed by atoms with Crippen molar-refractivity contribution >= 4 is 11.7 Å². The molecule has 0 aromatic heterocycles. The quantitative estimate of drug-likeness (QED) is 0.756.